The minimum atomic E-state index is 0.728. The highest BCUT2D eigenvalue weighted by atomic mass is 32.2. The second-order valence-electron chi connectivity index (χ2n) is 3.39. The lowest BCUT2D eigenvalue weighted by Crippen LogP contribution is -1.96. The molecule has 74 valence electrons. The number of aromatic nitrogens is 2. The molecule has 1 heterocycles. The zero-order valence-electron chi connectivity index (χ0n) is 8.45. The molecule has 4 heteroatoms. The zero-order valence-corrected chi connectivity index (χ0v) is 9.27. The number of thioether (sulfide) groups is 1. The molecule has 2 N–H and O–H groups in total. The van der Waals surface area contributed by atoms with Gasteiger partial charge in [0.2, 0.25) is 0 Å². The average Bonchev–Trinajstić information content (AvgIpc) is 2.41. The molecule has 3 nitrogen and oxygen atoms in total. The summed E-state index contributed by atoms with van der Waals surface area (Å²) >= 11 is 1.74. The summed E-state index contributed by atoms with van der Waals surface area (Å²) in [6.45, 7) is 4.44. The Labute approximate surface area is 83.7 Å². The molecule has 0 aromatic carbocycles. The van der Waals surface area contributed by atoms with Crippen molar-refractivity contribution in [3.63, 3.8) is 0 Å². The van der Waals surface area contributed by atoms with E-state index in [-0.39, 0.29) is 0 Å². The quantitative estimate of drug-likeness (QED) is 0.756. The third kappa shape index (κ3) is 2.95. The molecule has 0 spiro atoms. The molecule has 13 heavy (non-hydrogen) atoms. The molecule has 1 aromatic rings. The molecule has 1 unspecified atom stereocenters. The standard InChI is InChI=1S/C9H17N3S/c1-4-7(2)6-13-9-8(10)5-12(3)11-9/h5,7H,4,6,10H2,1-3H3. The van der Waals surface area contributed by atoms with Crippen molar-refractivity contribution in [1.29, 1.82) is 0 Å². The first kappa shape index (κ1) is 10.4. The van der Waals surface area contributed by atoms with Crippen molar-refractivity contribution in [2.45, 2.75) is 25.3 Å². The smallest absolute Gasteiger partial charge is 0.141 e. The van der Waals surface area contributed by atoms with Crippen molar-refractivity contribution in [2.24, 2.45) is 13.0 Å². The van der Waals surface area contributed by atoms with Gasteiger partial charge in [0.15, 0.2) is 0 Å². The molecule has 0 saturated heterocycles. The maximum absolute atomic E-state index is 5.76. The predicted octanol–water partition coefficient (Wildman–Crippen LogP) is 2.14. The SMILES string of the molecule is CCC(C)CSc1nn(C)cc1N. The monoisotopic (exact) mass is 199 g/mol. The third-order valence-electron chi connectivity index (χ3n) is 2.02. The van der Waals surface area contributed by atoms with Crippen molar-refractivity contribution in [2.75, 3.05) is 11.5 Å². The molecular formula is C9H17N3S. The summed E-state index contributed by atoms with van der Waals surface area (Å²) in [5.74, 6) is 1.82. The first-order valence-electron chi connectivity index (χ1n) is 4.55. The molecule has 0 bridgehead atoms. The largest absolute Gasteiger partial charge is 0.395 e. The van der Waals surface area contributed by atoms with Gasteiger partial charge in [-0.1, -0.05) is 20.3 Å². The van der Waals surface area contributed by atoms with Crippen molar-refractivity contribution < 1.29 is 0 Å². The Balaban J connectivity index is 2.49. The summed E-state index contributed by atoms with van der Waals surface area (Å²) in [7, 11) is 1.89. The van der Waals surface area contributed by atoms with Gasteiger partial charge in [-0.05, 0) is 5.92 Å². The molecule has 0 saturated carbocycles. The van der Waals surface area contributed by atoms with Gasteiger partial charge in [0, 0.05) is 19.0 Å². The van der Waals surface area contributed by atoms with Crippen LogP contribution in [0, 0.1) is 5.92 Å². The summed E-state index contributed by atoms with van der Waals surface area (Å²) in [6.07, 6.45) is 3.05. The van der Waals surface area contributed by atoms with Gasteiger partial charge in [0.1, 0.15) is 5.03 Å². The van der Waals surface area contributed by atoms with Crippen LogP contribution in [0.4, 0.5) is 5.69 Å². The van der Waals surface area contributed by atoms with E-state index in [9.17, 15) is 0 Å². The van der Waals surface area contributed by atoms with E-state index >= 15 is 0 Å². The molecule has 0 aliphatic carbocycles. The fraction of sp³-hybridized carbons (Fsp3) is 0.667. The van der Waals surface area contributed by atoms with Gasteiger partial charge in [0.25, 0.3) is 0 Å². The van der Waals surface area contributed by atoms with Crippen LogP contribution in [-0.4, -0.2) is 15.5 Å². The number of aryl methyl sites for hydroxylation is 1. The van der Waals surface area contributed by atoms with Crippen LogP contribution in [0.3, 0.4) is 0 Å². The number of nitrogens with two attached hydrogens (primary N) is 1. The van der Waals surface area contributed by atoms with Gasteiger partial charge in [-0.3, -0.25) is 4.68 Å². The van der Waals surface area contributed by atoms with E-state index in [1.165, 1.54) is 6.42 Å². The maximum Gasteiger partial charge on any atom is 0.141 e. The zero-order chi connectivity index (χ0) is 9.84. The van der Waals surface area contributed by atoms with Crippen LogP contribution >= 0.6 is 11.8 Å². The lowest BCUT2D eigenvalue weighted by atomic mass is 10.2. The van der Waals surface area contributed by atoms with Crippen LogP contribution in [0.15, 0.2) is 11.2 Å². The summed E-state index contributed by atoms with van der Waals surface area (Å²) in [5, 5.41) is 5.23. The Morgan fingerprint density at radius 2 is 2.38 bits per heavy atom. The number of anilines is 1. The Kier molecular flexibility index (Phi) is 3.66. The predicted molar refractivity (Wildman–Crippen MR) is 57.8 cm³/mol. The molecule has 1 rings (SSSR count). The van der Waals surface area contributed by atoms with Crippen LogP contribution in [-0.2, 0) is 7.05 Å². The summed E-state index contributed by atoms with van der Waals surface area (Å²) in [6, 6.07) is 0. The lowest BCUT2D eigenvalue weighted by Gasteiger charge is -2.05. The number of hydrogen-bond donors (Lipinski definition) is 1. The van der Waals surface area contributed by atoms with E-state index in [2.05, 4.69) is 18.9 Å². The highest BCUT2D eigenvalue weighted by Crippen LogP contribution is 2.25. The number of rotatable bonds is 4. The molecule has 0 radical (unpaired) electrons. The Morgan fingerprint density at radius 1 is 1.69 bits per heavy atom. The van der Waals surface area contributed by atoms with E-state index in [4.69, 9.17) is 5.73 Å². The van der Waals surface area contributed by atoms with E-state index in [0.29, 0.717) is 0 Å². The Hall–Kier alpha value is -0.640. The molecule has 0 aliphatic rings. The highest BCUT2D eigenvalue weighted by Gasteiger charge is 2.06. The van der Waals surface area contributed by atoms with Gasteiger partial charge in [-0.25, -0.2) is 0 Å². The van der Waals surface area contributed by atoms with Gasteiger partial charge in [-0.15, -0.1) is 11.8 Å². The molecule has 1 aromatic heterocycles. The first-order chi connectivity index (χ1) is 6.13. The summed E-state index contributed by atoms with van der Waals surface area (Å²) < 4.78 is 1.76. The lowest BCUT2D eigenvalue weighted by molar-refractivity contribution is 0.636. The molecule has 0 amide bonds. The summed E-state index contributed by atoms with van der Waals surface area (Å²) in [5.41, 5.74) is 6.55. The number of nitrogens with zero attached hydrogens (tertiary/aromatic N) is 2. The van der Waals surface area contributed by atoms with Gasteiger partial charge in [0.05, 0.1) is 5.69 Å². The minimum absolute atomic E-state index is 0.728. The second kappa shape index (κ2) is 4.56. The van der Waals surface area contributed by atoms with Crippen molar-refractivity contribution in [3.05, 3.63) is 6.20 Å². The van der Waals surface area contributed by atoms with Gasteiger partial charge < -0.3 is 5.73 Å². The maximum atomic E-state index is 5.76. The Morgan fingerprint density at radius 3 is 2.85 bits per heavy atom. The molecule has 0 aliphatic heterocycles. The van der Waals surface area contributed by atoms with Crippen LogP contribution in [0.25, 0.3) is 0 Å². The van der Waals surface area contributed by atoms with E-state index < -0.39 is 0 Å². The van der Waals surface area contributed by atoms with Gasteiger partial charge >= 0.3 is 0 Å². The van der Waals surface area contributed by atoms with E-state index in [0.717, 1.165) is 22.4 Å². The van der Waals surface area contributed by atoms with Crippen LogP contribution in [0.2, 0.25) is 0 Å². The van der Waals surface area contributed by atoms with Crippen LogP contribution < -0.4 is 5.73 Å². The first-order valence-corrected chi connectivity index (χ1v) is 5.54. The van der Waals surface area contributed by atoms with Crippen molar-refractivity contribution >= 4 is 17.4 Å². The minimum Gasteiger partial charge on any atom is -0.395 e. The fourth-order valence-corrected chi connectivity index (χ4v) is 2.02. The highest BCUT2D eigenvalue weighted by molar-refractivity contribution is 7.99. The Bertz CT molecular complexity index is 270. The van der Waals surface area contributed by atoms with Crippen LogP contribution in [0.1, 0.15) is 20.3 Å². The number of nitrogen functional groups attached to an aromatic ring is 1. The molecular weight excluding hydrogens is 182 g/mol. The normalized spacial score (nSPS) is 13.2. The van der Waals surface area contributed by atoms with E-state index in [1.54, 1.807) is 16.4 Å². The number of hydrogen-bond acceptors (Lipinski definition) is 3. The van der Waals surface area contributed by atoms with Crippen molar-refractivity contribution in [1.82, 2.24) is 9.78 Å². The summed E-state index contributed by atoms with van der Waals surface area (Å²) in [4.78, 5) is 0. The average molecular weight is 199 g/mol. The topological polar surface area (TPSA) is 43.8 Å². The van der Waals surface area contributed by atoms with Crippen molar-refractivity contribution in [3.8, 4) is 0 Å². The third-order valence-corrected chi connectivity index (χ3v) is 3.35. The van der Waals surface area contributed by atoms with Crippen LogP contribution in [0.5, 0.6) is 0 Å². The fourth-order valence-electron chi connectivity index (χ4n) is 0.938. The molecule has 1 atom stereocenters. The van der Waals surface area contributed by atoms with E-state index in [1.807, 2.05) is 13.2 Å². The molecule has 0 fully saturated rings. The van der Waals surface area contributed by atoms with Gasteiger partial charge in [-0.2, -0.15) is 5.10 Å². The second-order valence-corrected chi connectivity index (χ2v) is 4.40.